The lowest BCUT2D eigenvalue weighted by molar-refractivity contribution is 0.198. The zero-order chi connectivity index (χ0) is 29.0. The quantitative estimate of drug-likeness (QED) is 0.329. The minimum absolute atomic E-state index is 0.428. The van der Waals surface area contributed by atoms with Crippen molar-refractivity contribution in [2.75, 3.05) is 0 Å². The summed E-state index contributed by atoms with van der Waals surface area (Å²) >= 11 is 0. The Hall–Kier alpha value is -3.78. The average molecular weight is 577 g/mol. The van der Waals surface area contributed by atoms with Crippen LogP contribution in [0.4, 0.5) is 0 Å². The van der Waals surface area contributed by atoms with E-state index in [1.165, 1.54) is 85.6 Å². The van der Waals surface area contributed by atoms with Crippen molar-refractivity contribution in [1.29, 1.82) is 0 Å². The zero-order valence-electron chi connectivity index (χ0n) is 25.9. The maximum atomic E-state index is 2.85. The molecule has 9 rings (SSSR count). The molecule has 1 aromatic heterocycles. The molecule has 1 aromatic carbocycles. The van der Waals surface area contributed by atoms with Gasteiger partial charge in [0, 0.05) is 45.9 Å². The Morgan fingerprint density at radius 2 is 1.73 bits per heavy atom. The Kier molecular flexibility index (Phi) is 6.64. The van der Waals surface area contributed by atoms with E-state index >= 15 is 0 Å². The summed E-state index contributed by atoms with van der Waals surface area (Å²) in [5, 5.41) is 1.41. The summed E-state index contributed by atoms with van der Waals surface area (Å²) in [6.45, 7) is 0. The van der Waals surface area contributed by atoms with E-state index in [1.54, 1.807) is 28.0 Å². The Bertz CT molecular complexity index is 1790. The van der Waals surface area contributed by atoms with Gasteiger partial charge in [0.1, 0.15) is 0 Å². The van der Waals surface area contributed by atoms with Gasteiger partial charge in [0.15, 0.2) is 0 Å². The molecule has 0 N–H and O–H groups in total. The van der Waals surface area contributed by atoms with Gasteiger partial charge in [-0.1, -0.05) is 90.6 Å². The number of allylic oxidation sites excluding steroid dienone is 13. The molecule has 7 aliphatic rings. The van der Waals surface area contributed by atoms with Crippen molar-refractivity contribution in [2.24, 2.45) is 5.92 Å². The van der Waals surface area contributed by atoms with Gasteiger partial charge in [-0.15, -0.1) is 0 Å². The largest absolute Gasteiger partial charge is 0.364 e. The summed E-state index contributed by atoms with van der Waals surface area (Å²) in [4.78, 5) is 2.85. The Morgan fingerprint density at radius 3 is 2.59 bits per heavy atom. The maximum Gasteiger partial charge on any atom is 0.0580 e. The molecule has 0 fully saturated rings. The van der Waals surface area contributed by atoms with Crippen LogP contribution in [0.5, 0.6) is 0 Å². The number of aromatic nitrogens is 1. The Morgan fingerprint density at radius 1 is 0.773 bits per heavy atom. The molecular weight excluding hydrogens is 532 g/mol. The molecule has 0 amide bonds. The van der Waals surface area contributed by atoms with Gasteiger partial charge in [-0.05, 0) is 106 Å². The maximum absolute atomic E-state index is 2.85. The first-order valence-electron chi connectivity index (χ1n) is 17.5. The lowest BCUT2D eigenvalue weighted by Crippen LogP contribution is -2.41. The van der Waals surface area contributed by atoms with Crippen LogP contribution in [0.3, 0.4) is 0 Å². The summed E-state index contributed by atoms with van der Waals surface area (Å²) in [6.07, 6.45) is 44.0. The normalized spacial score (nSPS) is 29.2. The van der Waals surface area contributed by atoms with E-state index in [2.05, 4.69) is 107 Å². The minimum atomic E-state index is 0.428. The molecule has 0 saturated carbocycles. The third-order valence-corrected chi connectivity index (χ3v) is 11.6. The topological polar surface area (TPSA) is 8.17 Å². The van der Waals surface area contributed by atoms with Gasteiger partial charge in [0.2, 0.25) is 0 Å². The van der Waals surface area contributed by atoms with E-state index < -0.39 is 0 Å². The van der Waals surface area contributed by atoms with Crippen LogP contribution >= 0.6 is 0 Å². The molecule has 2 nitrogen and oxygen atoms in total. The van der Waals surface area contributed by atoms with Gasteiger partial charge in [-0.2, -0.15) is 0 Å². The fourth-order valence-electron chi connectivity index (χ4n) is 9.51. The van der Waals surface area contributed by atoms with Gasteiger partial charge in [-0.3, -0.25) is 0 Å². The standard InChI is InChI=1S/C42H44N2/c1-3-12-29(13-4-1)30-22-25-33(26-23-30)44-40-21-10-7-16-35(40)37-19-11-18-34(42(37)44)31-24-27-41-38(28-31)36-17-8-9-20-39(36)43(41)32-14-5-2-6-15-32/h2,5,7-12,16-17,19-22,25,28,32,34,36,39H,1,3-4,6,13-15,18,23-24,26-27H2/t32-,34?,36?,39?/m1/s1. The predicted molar refractivity (Wildman–Crippen MR) is 185 cm³/mol. The van der Waals surface area contributed by atoms with Crippen molar-refractivity contribution < 1.29 is 0 Å². The van der Waals surface area contributed by atoms with Crippen LogP contribution in [-0.2, 0) is 0 Å². The van der Waals surface area contributed by atoms with Crippen molar-refractivity contribution in [3.8, 4) is 0 Å². The van der Waals surface area contributed by atoms with Gasteiger partial charge in [0.05, 0.1) is 11.6 Å². The van der Waals surface area contributed by atoms with Crippen molar-refractivity contribution in [3.63, 3.8) is 0 Å². The number of rotatable bonds is 4. The van der Waals surface area contributed by atoms with Crippen LogP contribution in [0.15, 0.2) is 119 Å². The molecule has 2 heterocycles. The first kappa shape index (κ1) is 26.6. The first-order valence-corrected chi connectivity index (χ1v) is 17.5. The molecule has 2 aromatic rings. The molecule has 1 aliphatic heterocycles. The van der Waals surface area contributed by atoms with Crippen LogP contribution < -0.4 is 0 Å². The van der Waals surface area contributed by atoms with Crippen molar-refractivity contribution >= 4 is 22.7 Å². The number of nitrogens with zero attached hydrogens (tertiary/aromatic N) is 2. The third kappa shape index (κ3) is 4.28. The Labute approximate surface area is 262 Å². The average Bonchev–Trinajstić information content (AvgIpc) is 3.62. The lowest BCUT2D eigenvalue weighted by atomic mass is 9.78. The predicted octanol–water partition coefficient (Wildman–Crippen LogP) is 10.7. The van der Waals surface area contributed by atoms with E-state index in [-0.39, 0.29) is 0 Å². The van der Waals surface area contributed by atoms with Crippen LogP contribution in [0.1, 0.15) is 94.2 Å². The second-order valence-corrected chi connectivity index (χ2v) is 13.9. The van der Waals surface area contributed by atoms with Gasteiger partial charge in [-0.25, -0.2) is 0 Å². The number of fused-ring (bicyclic) bond motifs is 5. The molecule has 0 spiro atoms. The molecule has 0 bridgehead atoms. The van der Waals surface area contributed by atoms with Crippen LogP contribution in [-0.4, -0.2) is 21.6 Å². The van der Waals surface area contributed by atoms with Crippen molar-refractivity contribution in [1.82, 2.24) is 9.47 Å². The van der Waals surface area contributed by atoms with E-state index in [0.717, 1.165) is 19.3 Å². The summed E-state index contributed by atoms with van der Waals surface area (Å²) in [7, 11) is 0. The van der Waals surface area contributed by atoms with Gasteiger partial charge in [0.25, 0.3) is 0 Å². The van der Waals surface area contributed by atoms with Crippen molar-refractivity contribution in [2.45, 2.75) is 95.1 Å². The number of para-hydroxylation sites is 1. The molecule has 6 aliphatic carbocycles. The molecule has 3 unspecified atom stereocenters. The molecule has 44 heavy (non-hydrogen) atoms. The SMILES string of the molecule is C1=CC2C3=C(CCC(C4CC=Cc5c4n(C4=CC=C(C6=CCCCC6)CC4)c4ccccc54)=C3)N([C@@H]3CC=CCC3)C2C=C1. The third-order valence-electron chi connectivity index (χ3n) is 11.6. The van der Waals surface area contributed by atoms with E-state index in [9.17, 15) is 0 Å². The van der Waals surface area contributed by atoms with E-state index in [4.69, 9.17) is 0 Å². The number of hydrogen-bond acceptors (Lipinski definition) is 1. The smallest absolute Gasteiger partial charge is 0.0580 e. The van der Waals surface area contributed by atoms with E-state index in [1.807, 2.05) is 0 Å². The second-order valence-electron chi connectivity index (χ2n) is 13.9. The summed E-state index contributed by atoms with van der Waals surface area (Å²) in [6, 6.07) is 10.3. The number of hydrogen-bond donors (Lipinski definition) is 0. The Balaban J connectivity index is 1.13. The minimum Gasteiger partial charge on any atom is -0.364 e. The van der Waals surface area contributed by atoms with Crippen molar-refractivity contribution in [3.05, 3.63) is 130 Å². The van der Waals surface area contributed by atoms with Crippen LogP contribution in [0.2, 0.25) is 0 Å². The molecular formula is C42H44N2. The zero-order valence-corrected chi connectivity index (χ0v) is 25.9. The second kappa shape index (κ2) is 11.0. The summed E-state index contributed by atoms with van der Waals surface area (Å²) < 4.78 is 2.69. The summed E-state index contributed by atoms with van der Waals surface area (Å²) in [5.41, 5.74) is 13.9. The first-order chi connectivity index (χ1) is 21.8. The molecule has 4 atom stereocenters. The number of benzene rings is 1. The lowest BCUT2D eigenvalue weighted by Gasteiger charge is -2.39. The van der Waals surface area contributed by atoms with Gasteiger partial charge < -0.3 is 9.47 Å². The fraction of sp³-hybridized carbons (Fsp3) is 0.381. The molecule has 222 valence electrons. The monoisotopic (exact) mass is 576 g/mol. The molecule has 0 saturated heterocycles. The highest BCUT2D eigenvalue weighted by Gasteiger charge is 2.43. The molecule has 2 heteroatoms. The fourth-order valence-corrected chi connectivity index (χ4v) is 9.51. The highest BCUT2D eigenvalue weighted by atomic mass is 15.2. The van der Waals surface area contributed by atoms with Crippen LogP contribution in [0.25, 0.3) is 22.7 Å². The van der Waals surface area contributed by atoms with Crippen LogP contribution in [0, 0.1) is 5.92 Å². The highest BCUT2D eigenvalue weighted by Crippen LogP contribution is 2.51. The highest BCUT2D eigenvalue weighted by molar-refractivity contribution is 5.95. The summed E-state index contributed by atoms with van der Waals surface area (Å²) in [5.74, 6) is 0.913. The van der Waals surface area contributed by atoms with E-state index in [0.29, 0.717) is 23.9 Å². The molecule has 0 radical (unpaired) electrons. The van der Waals surface area contributed by atoms with Gasteiger partial charge >= 0.3 is 0 Å².